The number of ether oxygens (including phenoxy) is 1. The van der Waals surface area contributed by atoms with Gasteiger partial charge in [-0.15, -0.1) is 0 Å². The summed E-state index contributed by atoms with van der Waals surface area (Å²) in [7, 11) is -3.38. The Morgan fingerprint density at radius 2 is 1.61 bits per heavy atom. The molecule has 0 spiro atoms. The van der Waals surface area contributed by atoms with E-state index in [0.29, 0.717) is 24.1 Å². The van der Waals surface area contributed by atoms with Crippen molar-refractivity contribution < 1.29 is 17.9 Å². The molecule has 1 fully saturated rings. The summed E-state index contributed by atoms with van der Waals surface area (Å²) >= 11 is 0. The van der Waals surface area contributed by atoms with Crippen LogP contribution in [0.4, 0.5) is 5.69 Å². The molecule has 3 aromatic rings. The summed E-state index contributed by atoms with van der Waals surface area (Å²) in [6.45, 7) is 0.254. The highest BCUT2D eigenvalue weighted by molar-refractivity contribution is 7.92. The molecule has 1 amide bonds. The van der Waals surface area contributed by atoms with Gasteiger partial charge in [-0.1, -0.05) is 55.3 Å². The van der Waals surface area contributed by atoms with Crippen molar-refractivity contribution in [2.45, 2.75) is 42.4 Å². The van der Waals surface area contributed by atoms with Crippen LogP contribution in [0.5, 0.6) is 5.75 Å². The molecule has 0 heterocycles. The molecule has 1 aliphatic carbocycles. The lowest BCUT2D eigenvalue weighted by molar-refractivity contribution is 0.102. The van der Waals surface area contributed by atoms with E-state index in [1.807, 2.05) is 42.5 Å². The van der Waals surface area contributed by atoms with Gasteiger partial charge in [0, 0.05) is 16.8 Å². The van der Waals surface area contributed by atoms with Crippen molar-refractivity contribution in [3.8, 4) is 5.75 Å². The van der Waals surface area contributed by atoms with Crippen LogP contribution in [0.1, 0.15) is 41.6 Å². The SMILES string of the molecule is O=C(Nc1cccc(S(=O)(=O)C2CCCC2)c1)c1ccccc1COc1ccccc1. The predicted molar refractivity (Wildman–Crippen MR) is 121 cm³/mol. The van der Waals surface area contributed by atoms with Gasteiger partial charge in [-0.25, -0.2) is 8.42 Å². The summed E-state index contributed by atoms with van der Waals surface area (Å²) in [4.78, 5) is 13.2. The van der Waals surface area contributed by atoms with Gasteiger partial charge >= 0.3 is 0 Å². The molecule has 6 heteroatoms. The van der Waals surface area contributed by atoms with Crippen molar-refractivity contribution >= 4 is 21.4 Å². The average Bonchev–Trinajstić information content (AvgIpc) is 3.35. The normalized spacial score (nSPS) is 14.3. The minimum Gasteiger partial charge on any atom is -0.489 e. The number of hydrogen-bond acceptors (Lipinski definition) is 4. The third-order valence-corrected chi connectivity index (χ3v) is 7.82. The van der Waals surface area contributed by atoms with E-state index < -0.39 is 9.84 Å². The highest BCUT2D eigenvalue weighted by Crippen LogP contribution is 2.30. The lowest BCUT2D eigenvalue weighted by Crippen LogP contribution is -2.19. The number of nitrogens with one attached hydrogen (secondary N) is 1. The Balaban J connectivity index is 1.50. The van der Waals surface area contributed by atoms with Crippen LogP contribution >= 0.6 is 0 Å². The number of benzene rings is 3. The van der Waals surface area contributed by atoms with Gasteiger partial charge in [-0.3, -0.25) is 4.79 Å². The van der Waals surface area contributed by atoms with E-state index in [9.17, 15) is 13.2 Å². The first-order valence-corrected chi connectivity index (χ1v) is 12.0. The Morgan fingerprint density at radius 1 is 0.903 bits per heavy atom. The first-order chi connectivity index (χ1) is 15.0. The number of amides is 1. The van der Waals surface area contributed by atoms with Crippen molar-refractivity contribution in [3.63, 3.8) is 0 Å². The number of anilines is 1. The van der Waals surface area contributed by atoms with Crippen LogP contribution in [-0.2, 0) is 16.4 Å². The molecule has 0 aliphatic heterocycles. The predicted octanol–water partition coefficient (Wildman–Crippen LogP) is 5.23. The minimum absolute atomic E-state index is 0.254. The standard InChI is InChI=1S/C25H25NO4S/c27-25(24-16-7-4-9-19(24)18-30-21-11-2-1-3-12-21)26-20-10-8-15-23(17-20)31(28,29)22-13-5-6-14-22/h1-4,7-12,15-17,22H,5-6,13-14,18H2,(H,26,27). The average molecular weight is 436 g/mol. The number of sulfone groups is 1. The third-order valence-electron chi connectivity index (χ3n) is 5.56. The van der Waals surface area contributed by atoms with Gasteiger partial charge in [0.1, 0.15) is 12.4 Å². The molecule has 5 nitrogen and oxygen atoms in total. The lowest BCUT2D eigenvalue weighted by atomic mass is 10.1. The van der Waals surface area contributed by atoms with Gasteiger partial charge in [0.05, 0.1) is 10.1 Å². The molecule has 0 radical (unpaired) electrons. The number of para-hydroxylation sites is 1. The Morgan fingerprint density at radius 3 is 2.39 bits per heavy atom. The molecular weight excluding hydrogens is 410 g/mol. The zero-order valence-electron chi connectivity index (χ0n) is 17.2. The largest absolute Gasteiger partial charge is 0.489 e. The van der Waals surface area contributed by atoms with Crippen LogP contribution in [0.25, 0.3) is 0 Å². The fourth-order valence-electron chi connectivity index (χ4n) is 3.89. The van der Waals surface area contributed by atoms with E-state index in [-0.39, 0.29) is 22.7 Å². The molecule has 0 bridgehead atoms. The monoisotopic (exact) mass is 435 g/mol. The molecule has 0 atom stereocenters. The maximum atomic E-state index is 12.9. The molecule has 4 rings (SSSR count). The number of hydrogen-bond donors (Lipinski definition) is 1. The Hall–Kier alpha value is -3.12. The fourth-order valence-corrected chi connectivity index (χ4v) is 5.78. The second kappa shape index (κ2) is 9.35. The zero-order valence-corrected chi connectivity index (χ0v) is 18.0. The fraction of sp³-hybridized carbons (Fsp3) is 0.240. The van der Waals surface area contributed by atoms with Gasteiger partial charge in [-0.2, -0.15) is 0 Å². The molecule has 160 valence electrons. The molecule has 0 aromatic heterocycles. The van der Waals surface area contributed by atoms with Gasteiger partial charge in [0.2, 0.25) is 0 Å². The van der Waals surface area contributed by atoms with Crippen molar-refractivity contribution in [3.05, 3.63) is 90.0 Å². The van der Waals surface area contributed by atoms with Crippen LogP contribution in [0.2, 0.25) is 0 Å². The summed E-state index contributed by atoms with van der Waals surface area (Å²) in [5, 5.41) is 2.52. The van der Waals surface area contributed by atoms with Crippen LogP contribution in [0.15, 0.2) is 83.8 Å². The van der Waals surface area contributed by atoms with Crippen LogP contribution in [0, 0.1) is 0 Å². The van der Waals surface area contributed by atoms with Gasteiger partial charge in [0.25, 0.3) is 5.91 Å². The van der Waals surface area contributed by atoms with Gasteiger partial charge < -0.3 is 10.1 Å². The quantitative estimate of drug-likeness (QED) is 0.551. The van der Waals surface area contributed by atoms with Crippen LogP contribution in [-0.4, -0.2) is 19.6 Å². The first kappa shape index (κ1) is 21.1. The Labute approximate surface area is 183 Å². The maximum absolute atomic E-state index is 12.9. The maximum Gasteiger partial charge on any atom is 0.256 e. The number of rotatable bonds is 7. The van der Waals surface area contributed by atoms with E-state index in [0.717, 1.165) is 24.2 Å². The van der Waals surface area contributed by atoms with Crippen LogP contribution < -0.4 is 10.1 Å². The molecule has 1 N–H and O–H groups in total. The molecular formula is C25H25NO4S. The number of carbonyl (C=O) groups excluding carboxylic acids is 1. The van der Waals surface area contributed by atoms with Crippen molar-refractivity contribution in [1.29, 1.82) is 0 Å². The molecule has 1 saturated carbocycles. The Bertz CT molecular complexity index is 1150. The van der Waals surface area contributed by atoms with Crippen molar-refractivity contribution in [2.75, 3.05) is 5.32 Å². The first-order valence-electron chi connectivity index (χ1n) is 10.4. The van der Waals surface area contributed by atoms with Crippen molar-refractivity contribution in [1.82, 2.24) is 0 Å². The van der Waals surface area contributed by atoms with E-state index in [4.69, 9.17) is 4.74 Å². The molecule has 31 heavy (non-hydrogen) atoms. The highest BCUT2D eigenvalue weighted by Gasteiger charge is 2.30. The van der Waals surface area contributed by atoms with E-state index in [2.05, 4.69) is 5.32 Å². The zero-order chi connectivity index (χ0) is 21.7. The number of carbonyl (C=O) groups is 1. The van der Waals surface area contributed by atoms with Crippen molar-refractivity contribution in [2.24, 2.45) is 0 Å². The molecule has 1 aliphatic rings. The summed E-state index contributed by atoms with van der Waals surface area (Å²) in [5.41, 5.74) is 1.70. The highest BCUT2D eigenvalue weighted by atomic mass is 32.2. The summed E-state index contributed by atoms with van der Waals surface area (Å²) in [5.74, 6) is 0.421. The van der Waals surface area contributed by atoms with E-state index in [1.165, 1.54) is 0 Å². The third kappa shape index (κ3) is 4.97. The second-order valence-electron chi connectivity index (χ2n) is 7.69. The van der Waals surface area contributed by atoms with Gasteiger partial charge in [0.15, 0.2) is 9.84 Å². The Kier molecular flexibility index (Phi) is 6.37. The smallest absolute Gasteiger partial charge is 0.256 e. The summed E-state index contributed by atoms with van der Waals surface area (Å²) < 4.78 is 31.6. The second-order valence-corrected chi connectivity index (χ2v) is 9.92. The summed E-state index contributed by atoms with van der Waals surface area (Å²) in [6, 6.07) is 23.2. The van der Waals surface area contributed by atoms with E-state index in [1.54, 1.807) is 36.4 Å². The lowest BCUT2D eigenvalue weighted by Gasteiger charge is -2.14. The molecule has 3 aromatic carbocycles. The summed E-state index contributed by atoms with van der Waals surface area (Å²) in [6.07, 6.45) is 3.30. The molecule has 0 unspecified atom stereocenters. The van der Waals surface area contributed by atoms with Crippen LogP contribution in [0.3, 0.4) is 0 Å². The topological polar surface area (TPSA) is 72.5 Å². The van der Waals surface area contributed by atoms with E-state index >= 15 is 0 Å². The minimum atomic E-state index is -3.38. The molecule has 0 saturated heterocycles. The van der Waals surface area contributed by atoms with Gasteiger partial charge in [-0.05, 0) is 49.2 Å².